The Morgan fingerprint density at radius 2 is 2.25 bits per heavy atom. The summed E-state index contributed by atoms with van der Waals surface area (Å²) in [6.45, 7) is 6.49. The van der Waals surface area contributed by atoms with Gasteiger partial charge in [0.25, 0.3) is 0 Å². The molecule has 1 unspecified atom stereocenters. The predicted octanol–water partition coefficient (Wildman–Crippen LogP) is 2.14. The maximum Gasteiger partial charge on any atom is 0.136 e. The molecule has 2 heterocycles. The summed E-state index contributed by atoms with van der Waals surface area (Å²) in [7, 11) is 0. The van der Waals surface area contributed by atoms with Crippen molar-refractivity contribution in [3.05, 3.63) is 11.9 Å². The average molecular weight is 276 g/mol. The Morgan fingerprint density at radius 3 is 2.85 bits per heavy atom. The maximum atomic E-state index is 10.1. The molecule has 5 nitrogen and oxygen atoms in total. The molecule has 0 radical (unpaired) electrons. The molecule has 20 heavy (non-hydrogen) atoms. The predicted molar refractivity (Wildman–Crippen MR) is 80.2 cm³/mol. The Hall–Kier alpha value is -1.36. The van der Waals surface area contributed by atoms with Crippen LogP contribution in [0, 0.1) is 0 Å². The summed E-state index contributed by atoms with van der Waals surface area (Å²) >= 11 is 0. The van der Waals surface area contributed by atoms with Crippen molar-refractivity contribution in [2.45, 2.75) is 51.0 Å². The van der Waals surface area contributed by atoms with Gasteiger partial charge in [0.05, 0.1) is 5.60 Å². The van der Waals surface area contributed by atoms with Gasteiger partial charge in [-0.25, -0.2) is 9.97 Å². The SMILES string of the molecule is CCCNc1cc(N2CCC(C)(O)C2)nc(C2CC2)n1. The van der Waals surface area contributed by atoms with Crippen molar-refractivity contribution in [2.75, 3.05) is 29.9 Å². The number of β-amino-alcohol motifs (C(OH)–C–C–N with tert-alkyl or cyclic N) is 1. The van der Waals surface area contributed by atoms with E-state index in [9.17, 15) is 5.11 Å². The summed E-state index contributed by atoms with van der Waals surface area (Å²) in [6.07, 6.45) is 4.28. The average Bonchev–Trinajstić information content (AvgIpc) is 3.20. The molecule has 0 bridgehead atoms. The van der Waals surface area contributed by atoms with Crippen molar-refractivity contribution in [1.82, 2.24) is 9.97 Å². The van der Waals surface area contributed by atoms with Crippen LogP contribution in [0.3, 0.4) is 0 Å². The van der Waals surface area contributed by atoms with Crippen LogP contribution in [0.5, 0.6) is 0 Å². The summed E-state index contributed by atoms with van der Waals surface area (Å²) in [4.78, 5) is 11.5. The van der Waals surface area contributed by atoms with Crippen LogP contribution >= 0.6 is 0 Å². The zero-order valence-electron chi connectivity index (χ0n) is 12.4. The van der Waals surface area contributed by atoms with E-state index in [0.717, 1.165) is 43.4 Å². The molecule has 2 N–H and O–H groups in total. The van der Waals surface area contributed by atoms with E-state index in [1.807, 2.05) is 13.0 Å². The number of nitrogens with one attached hydrogen (secondary N) is 1. The Balaban J connectivity index is 1.83. The minimum Gasteiger partial charge on any atom is -0.388 e. The van der Waals surface area contributed by atoms with Crippen molar-refractivity contribution in [2.24, 2.45) is 0 Å². The molecule has 0 spiro atoms. The lowest BCUT2D eigenvalue weighted by Crippen LogP contribution is -2.30. The number of anilines is 2. The van der Waals surface area contributed by atoms with Crippen molar-refractivity contribution in [3.8, 4) is 0 Å². The number of aliphatic hydroxyl groups is 1. The first-order valence-electron chi connectivity index (χ1n) is 7.67. The van der Waals surface area contributed by atoms with Crippen LogP contribution in [0.2, 0.25) is 0 Å². The van der Waals surface area contributed by atoms with E-state index in [0.29, 0.717) is 12.5 Å². The van der Waals surface area contributed by atoms with Crippen LogP contribution in [-0.4, -0.2) is 40.3 Å². The van der Waals surface area contributed by atoms with Crippen molar-refractivity contribution < 1.29 is 5.11 Å². The van der Waals surface area contributed by atoms with E-state index in [4.69, 9.17) is 4.98 Å². The van der Waals surface area contributed by atoms with Crippen LogP contribution < -0.4 is 10.2 Å². The highest BCUT2D eigenvalue weighted by molar-refractivity contribution is 5.51. The Bertz CT molecular complexity index is 485. The van der Waals surface area contributed by atoms with Gasteiger partial charge >= 0.3 is 0 Å². The smallest absolute Gasteiger partial charge is 0.136 e. The lowest BCUT2D eigenvalue weighted by molar-refractivity contribution is 0.0839. The van der Waals surface area contributed by atoms with E-state index in [1.165, 1.54) is 12.8 Å². The lowest BCUT2D eigenvalue weighted by atomic mass is 10.1. The first-order valence-corrected chi connectivity index (χ1v) is 7.67. The second-order valence-electron chi connectivity index (χ2n) is 6.34. The van der Waals surface area contributed by atoms with Gasteiger partial charge in [-0.05, 0) is 32.6 Å². The Morgan fingerprint density at radius 1 is 1.45 bits per heavy atom. The summed E-state index contributed by atoms with van der Waals surface area (Å²) in [5.41, 5.74) is -0.596. The first kappa shape index (κ1) is 13.6. The van der Waals surface area contributed by atoms with E-state index in [-0.39, 0.29) is 0 Å². The van der Waals surface area contributed by atoms with E-state index >= 15 is 0 Å². The minimum atomic E-state index is -0.596. The molecule has 1 saturated heterocycles. The molecule has 3 rings (SSSR count). The van der Waals surface area contributed by atoms with Crippen LogP contribution in [0.15, 0.2) is 6.07 Å². The fourth-order valence-electron chi connectivity index (χ4n) is 2.62. The van der Waals surface area contributed by atoms with Crippen LogP contribution in [0.25, 0.3) is 0 Å². The van der Waals surface area contributed by atoms with E-state index in [1.54, 1.807) is 0 Å². The zero-order valence-corrected chi connectivity index (χ0v) is 12.4. The van der Waals surface area contributed by atoms with Gasteiger partial charge in [-0.1, -0.05) is 6.92 Å². The molecule has 0 aromatic carbocycles. The monoisotopic (exact) mass is 276 g/mol. The van der Waals surface area contributed by atoms with Crippen LogP contribution in [-0.2, 0) is 0 Å². The number of aromatic nitrogens is 2. The third-order valence-electron chi connectivity index (χ3n) is 4.00. The standard InChI is InChI=1S/C15H24N4O/c1-3-7-16-12-9-13(18-14(17-12)11-4-5-11)19-8-6-15(2,20)10-19/h9,11,20H,3-8,10H2,1-2H3,(H,16,17,18). The number of hydrogen-bond donors (Lipinski definition) is 2. The topological polar surface area (TPSA) is 61.3 Å². The fraction of sp³-hybridized carbons (Fsp3) is 0.733. The zero-order chi connectivity index (χ0) is 14.2. The molecule has 1 aromatic rings. The van der Waals surface area contributed by atoms with Gasteiger partial charge < -0.3 is 15.3 Å². The summed E-state index contributed by atoms with van der Waals surface area (Å²) in [5.74, 6) is 3.39. The number of hydrogen-bond acceptors (Lipinski definition) is 5. The third kappa shape index (κ3) is 3.03. The summed E-state index contributed by atoms with van der Waals surface area (Å²) in [6, 6.07) is 2.02. The van der Waals surface area contributed by atoms with Gasteiger partial charge in [0.2, 0.25) is 0 Å². The summed E-state index contributed by atoms with van der Waals surface area (Å²) < 4.78 is 0. The second-order valence-corrected chi connectivity index (χ2v) is 6.34. The molecule has 2 aliphatic rings. The van der Waals surface area contributed by atoms with Gasteiger partial charge in [0, 0.05) is 31.6 Å². The summed E-state index contributed by atoms with van der Waals surface area (Å²) in [5, 5.41) is 13.5. The van der Waals surface area contributed by atoms with Crippen molar-refractivity contribution >= 4 is 11.6 Å². The van der Waals surface area contributed by atoms with Crippen LogP contribution in [0.1, 0.15) is 51.3 Å². The van der Waals surface area contributed by atoms with Gasteiger partial charge in [0.15, 0.2) is 0 Å². The lowest BCUT2D eigenvalue weighted by Gasteiger charge is -2.21. The van der Waals surface area contributed by atoms with E-state index in [2.05, 4.69) is 22.1 Å². The third-order valence-corrected chi connectivity index (χ3v) is 4.00. The number of nitrogens with zero attached hydrogens (tertiary/aromatic N) is 3. The Labute approximate surface area is 120 Å². The van der Waals surface area contributed by atoms with Crippen molar-refractivity contribution in [3.63, 3.8) is 0 Å². The number of rotatable bonds is 5. The molecule has 1 aliphatic heterocycles. The second kappa shape index (κ2) is 5.20. The van der Waals surface area contributed by atoms with E-state index < -0.39 is 5.60 Å². The molecule has 0 amide bonds. The highest BCUT2D eigenvalue weighted by Gasteiger charge is 2.33. The first-order chi connectivity index (χ1) is 9.57. The molecular weight excluding hydrogens is 252 g/mol. The highest BCUT2D eigenvalue weighted by Crippen LogP contribution is 2.39. The molecule has 5 heteroatoms. The van der Waals surface area contributed by atoms with Gasteiger partial charge in [0.1, 0.15) is 17.5 Å². The minimum absolute atomic E-state index is 0.542. The molecule has 2 fully saturated rings. The normalized spacial score (nSPS) is 26.1. The quantitative estimate of drug-likeness (QED) is 0.862. The highest BCUT2D eigenvalue weighted by atomic mass is 16.3. The van der Waals surface area contributed by atoms with Crippen LogP contribution in [0.4, 0.5) is 11.6 Å². The van der Waals surface area contributed by atoms with Gasteiger partial charge in [-0.2, -0.15) is 0 Å². The maximum absolute atomic E-state index is 10.1. The molecule has 1 aromatic heterocycles. The fourth-order valence-corrected chi connectivity index (χ4v) is 2.62. The molecule has 1 saturated carbocycles. The Kier molecular flexibility index (Phi) is 3.54. The van der Waals surface area contributed by atoms with Crippen molar-refractivity contribution in [1.29, 1.82) is 0 Å². The molecule has 1 aliphatic carbocycles. The largest absolute Gasteiger partial charge is 0.388 e. The van der Waals surface area contributed by atoms with Gasteiger partial charge in [-0.15, -0.1) is 0 Å². The molecule has 1 atom stereocenters. The molecular formula is C15H24N4O. The molecule has 110 valence electrons. The van der Waals surface area contributed by atoms with Gasteiger partial charge in [-0.3, -0.25) is 0 Å².